The summed E-state index contributed by atoms with van der Waals surface area (Å²) in [6.07, 6.45) is 6.11. The van der Waals surface area contributed by atoms with Crippen LogP contribution in [0.25, 0.3) is 0 Å². The second kappa shape index (κ2) is 8.83. The van der Waals surface area contributed by atoms with Gasteiger partial charge in [0.25, 0.3) is 0 Å². The van der Waals surface area contributed by atoms with Crippen LogP contribution in [0.5, 0.6) is 0 Å². The van der Waals surface area contributed by atoms with Gasteiger partial charge in [0.05, 0.1) is 0 Å². The molecule has 2 amide bonds. The number of nitrogens with one attached hydrogen (secondary N) is 2. The van der Waals surface area contributed by atoms with Gasteiger partial charge in [-0.05, 0) is 62.3 Å². The number of carbonyl (C=O) groups is 2. The van der Waals surface area contributed by atoms with Crippen LogP contribution in [0, 0.1) is 19.8 Å². The molecule has 0 spiro atoms. The smallest absolute Gasteiger partial charge is 0.313 e. The maximum absolute atomic E-state index is 12.2. The number of aliphatic hydroxyl groups is 1. The number of rotatable bonds is 5. The Morgan fingerprint density at radius 2 is 1.71 bits per heavy atom. The molecule has 2 rings (SSSR count). The Kier molecular flexibility index (Phi) is 6.79. The van der Waals surface area contributed by atoms with Crippen molar-refractivity contribution in [2.24, 2.45) is 5.92 Å². The summed E-state index contributed by atoms with van der Waals surface area (Å²) in [6.45, 7) is 3.91. The van der Waals surface area contributed by atoms with Crippen molar-refractivity contribution in [3.8, 4) is 0 Å². The van der Waals surface area contributed by atoms with E-state index in [4.69, 9.17) is 0 Å². The number of aryl methyl sites for hydroxylation is 2. The Morgan fingerprint density at radius 1 is 1.08 bits per heavy atom. The third kappa shape index (κ3) is 5.34. The van der Waals surface area contributed by atoms with Crippen LogP contribution in [0.2, 0.25) is 0 Å². The van der Waals surface area contributed by atoms with Gasteiger partial charge in [-0.2, -0.15) is 0 Å². The first-order chi connectivity index (χ1) is 11.5. The van der Waals surface area contributed by atoms with Gasteiger partial charge in [0, 0.05) is 18.3 Å². The van der Waals surface area contributed by atoms with Crippen LogP contribution in [0.1, 0.15) is 49.7 Å². The van der Waals surface area contributed by atoms with Crippen LogP contribution in [0.4, 0.5) is 5.69 Å². The molecule has 5 nitrogen and oxygen atoms in total. The van der Waals surface area contributed by atoms with Gasteiger partial charge in [-0.3, -0.25) is 9.59 Å². The second-order valence-electron chi connectivity index (χ2n) is 6.82. The summed E-state index contributed by atoms with van der Waals surface area (Å²) in [5, 5.41) is 14.7. The van der Waals surface area contributed by atoms with Gasteiger partial charge in [0.1, 0.15) is 0 Å². The van der Waals surface area contributed by atoms with Crippen molar-refractivity contribution in [1.29, 1.82) is 0 Å². The molecule has 0 saturated heterocycles. The van der Waals surface area contributed by atoms with Crippen molar-refractivity contribution < 1.29 is 14.7 Å². The molecule has 1 aromatic rings. The molecule has 1 aliphatic carbocycles. The highest BCUT2D eigenvalue weighted by Gasteiger charge is 2.26. The van der Waals surface area contributed by atoms with Crippen LogP contribution in [0.15, 0.2) is 18.2 Å². The molecule has 1 saturated carbocycles. The first-order valence-electron chi connectivity index (χ1n) is 8.80. The fourth-order valence-electron chi connectivity index (χ4n) is 3.57. The molecule has 0 radical (unpaired) electrons. The predicted molar refractivity (Wildman–Crippen MR) is 94.8 cm³/mol. The average molecular weight is 332 g/mol. The van der Waals surface area contributed by atoms with Gasteiger partial charge in [-0.1, -0.05) is 25.3 Å². The normalized spacial score (nSPS) is 16.5. The number of anilines is 1. The number of carbonyl (C=O) groups excluding carboxylic acids is 2. The predicted octanol–water partition coefficient (Wildman–Crippen LogP) is 2.69. The lowest BCUT2D eigenvalue weighted by Crippen LogP contribution is -2.46. The van der Waals surface area contributed by atoms with Crippen LogP contribution in [-0.4, -0.2) is 29.6 Å². The van der Waals surface area contributed by atoms with E-state index >= 15 is 0 Å². The Balaban J connectivity index is 1.96. The van der Waals surface area contributed by atoms with E-state index in [1.165, 1.54) is 6.42 Å². The van der Waals surface area contributed by atoms with E-state index in [2.05, 4.69) is 10.6 Å². The highest BCUT2D eigenvalue weighted by atomic mass is 16.3. The van der Waals surface area contributed by atoms with Gasteiger partial charge in [0.2, 0.25) is 0 Å². The van der Waals surface area contributed by atoms with Gasteiger partial charge in [-0.25, -0.2) is 0 Å². The van der Waals surface area contributed by atoms with E-state index in [0.29, 0.717) is 18.0 Å². The molecule has 0 aliphatic heterocycles. The summed E-state index contributed by atoms with van der Waals surface area (Å²) < 4.78 is 0. The third-order valence-corrected chi connectivity index (χ3v) is 4.66. The lowest BCUT2D eigenvalue weighted by Gasteiger charge is -2.30. The largest absolute Gasteiger partial charge is 0.396 e. The van der Waals surface area contributed by atoms with E-state index < -0.39 is 11.8 Å². The van der Waals surface area contributed by atoms with Crippen LogP contribution >= 0.6 is 0 Å². The van der Waals surface area contributed by atoms with Gasteiger partial charge >= 0.3 is 11.8 Å². The molecule has 0 heterocycles. The molecule has 0 aromatic heterocycles. The number of benzene rings is 1. The molecule has 1 fully saturated rings. The molecule has 24 heavy (non-hydrogen) atoms. The summed E-state index contributed by atoms with van der Waals surface area (Å²) in [7, 11) is 0. The van der Waals surface area contributed by atoms with Crippen molar-refractivity contribution in [3.63, 3.8) is 0 Å². The molecule has 0 bridgehead atoms. The van der Waals surface area contributed by atoms with Crippen molar-refractivity contribution in [2.45, 2.75) is 58.4 Å². The molecule has 132 valence electrons. The SMILES string of the molecule is Cc1cc(C)cc(NC(=O)C(=O)NC(CCO)C2CCCCC2)c1. The van der Waals surface area contributed by atoms with Crippen LogP contribution in [0.3, 0.4) is 0 Å². The number of aliphatic hydroxyl groups excluding tert-OH is 1. The zero-order valence-electron chi connectivity index (χ0n) is 14.6. The summed E-state index contributed by atoms with van der Waals surface area (Å²) in [6, 6.07) is 5.55. The van der Waals surface area contributed by atoms with Gasteiger partial charge in [0.15, 0.2) is 0 Å². The minimum Gasteiger partial charge on any atom is -0.396 e. The fraction of sp³-hybridized carbons (Fsp3) is 0.579. The zero-order chi connectivity index (χ0) is 17.5. The third-order valence-electron chi connectivity index (χ3n) is 4.66. The molecule has 5 heteroatoms. The Morgan fingerprint density at radius 3 is 2.29 bits per heavy atom. The van der Waals surface area contributed by atoms with E-state index in [1.807, 2.05) is 32.0 Å². The lowest BCUT2D eigenvalue weighted by atomic mass is 9.82. The van der Waals surface area contributed by atoms with Crippen LogP contribution < -0.4 is 10.6 Å². The summed E-state index contributed by atoms with van der Waals surface area (Å²) >= 11 is 0. The van der Waals surface area contributed by atoms with E-state index in [1.54, 1.807) is 0 Å². The maximum Gasteiger partial charge on any atom is 0.313 e. The van der Waals surface area contributed by atoms with E-state index in [9.17, 15) is 14.7 Å². The lowest BCUT2D eigenvalue weighted by molar-refractivity contribution is -0.137. The number of hydrogen-bond donors (Lipinski definition) is 3. The first-order valence-corrected chi connectivity index (χ1v) is 8.80. The van der Waals surface area contributed by atoms with E-state index in [0.717, 1.165) is 36.8 Å². The highest BCUT2D eigenvalue weighted by Crippen LogP contribution is 2.27. The van der Waals surface area contributed by atoms with Crippen molar-refractivity contribution >= 4 is 17.5 Å². The standard InChI is InChI=1S/C19H28N2O3/c1-13-10-14(2)12-16(11-13)20-18(23)19(24)21-17(8-9-22)15-6-4-3-5-7-15/h10-12,15,17,22H,3-9H2,1-2H3,(H,20,23)(H,21,24). The summed E-state index contributed by atoms with van der Waals surface area (Å²) in [5.74, 6) is -0.930. The molecule has 1 atom stereocenters. The monoisotopic (exact) mass is 332 g/mol. The molecular formula is C19H28N2O3. The summed E-state index contributed by atoms with van der Waals surface area (Å²) in [5.41, 5.74) is 2.70. The average Bonchev–Trinajstić information content (AvgIpc) is 2.54. The topological polar surface area (TPSA) is 78.4 Å². The van der Waals surface area contributed by atoms with Crippen molar-refractivity contribution in [1.82, 2.24) is 5.32 Å². The Bertz CT molecular complexity index is 560. The fourth-order valence-corrected chi connectivity index (χ4v) is 3.57. The molecular weight excluding hydrogens is 304 g/mol. The van der Waals surface area contributed by atoms with Gasteiger partial charge in [-0.15, -0.1) is 0 Å². The quantitative estimate of drug-likeness (QED) is 0.725. The molecule has 1 aliphatic rings. The molecule has 1 unspecified atom stereocenters. The first kappa shape index (κ1) is 18.5. The minimum absolute atomic E-state index is 0.0140. The minimum atomic E-state index is -0.654. The number of hydrogen-bond acceptors (Lipinski definition) is 3. The second-order valence-corrected chi connectivity index (χ2v) is 6.82. The van der Waals surface area contributed by atoms with Crippen LogP contribution in [-0.2, 0) is 9.59 Å². The van der Waals surface area contributed by atoms with Crippen molar-refractivity contribution in [3.05, 3.63) is 29.3 Å². The summed E-state index contributed by atoms with van der Waals surface area (Å²) in [4.78, 5) is 24.4. The Hall–Kier alpha value is -1.88. The molecule has 1 aromatic carbocycles. The van der Waals surface area contributed by atoms with Gasteiger partial charge < -0.3 is 15.7 Å². The molecule has 3 N–H and O–H groups in total. The zero-order valence-corrected chi connectivity index (χ0v) is 14.6. The maximum atomic E-state index is 12.2. The van der Waals surface area contributed by atoms with E-state index in [-0.39, 0.29) is 12.6 Å². The Labute approximate surface area is 143 Å². The van der Waals surface area contributed by atoms with Crippen molar-refractivity contribution in [2.75, 3.05) is 11.9 Å². The number of amides is 2. The highest BCUT2D eigenvalue weighted by molar-refractivity contribution is 6.39.